The Kier molecular flexibility index (Phi) is 7.22. The second-order valence-corrected chi connectivity index (χ2v) is 8.95. The van der Waals surface area contributed by atoms with Gasteiger partial charge >= 0.3 is 7.48 Å². The number of rotatable bonds is 9. The molecule has 0 spiro atoms. The molecule has 0 saturated heterocycles. The highest BCUT2D eigenvalue weighted by molar-refractivity contribution is 6.49. The van der Waals surface area contributed by atoms with Crippen LogP contribution in [0.3, 0.4) is 0 Å². The molecule has 167 valence electrons. The monoisotopic (exact) mass is 435 g/mol. The molecule has 3 rings (SSSR count). The highest BCUT2D eigenvalue weighted by Crippen LogP contribution is 2.29. The highest BCUT2D eigenvalue weighted by Gasteiger charge is 2.35. The molecule has 1 aliphatic carbocycles. The van der Waals surface area contributed by atoms with E-state index in [1.54, 1.807) is 58.0 Å². The minimum absolute atomic E-state index is 0.0643. The van der Waals surface area contributed by atoms with E-state index in [1.165, 1.54) is 7.48 Å². The van der Waals surface area contributed by atoms with E-state index in [4.69, 9.17) is 14.1 Å². The van der Waals surface area contributed by atoms with Crippen molar-refractivity contribution in [2.45, 2.75) is 70.7 Å². The Bertz CT molecular complexity index is 1000. The molecule has 1 N–H and O–H groups in total. The molecule has 2 aromatic rings. The van der Waals surface area contributed by atoms with Gasteiger partial charge in [0.15, 0.2) is 0 Å². The van der Waals surface area contributed by atoms with Crippen molar-refractivity contribution < 1.29 is 24.0 Å². The number of benzene rings is 1. The van der Waals surface area contributed by atoms with Gasteiger partial charge in [0.1, 0.15) is 29.8 Å². The van der Waals surface area contributed by atoms with Crippen molar-refractivity contribution in [3.8, 4) is 23.6 Å². The van der Waals surface area contributed by atoms with Gasteiger partial charge in [-0.1, -0.05) is 6.07 Å². The van der Waals surface area contributed by atoms with Crippen LogP contribution in [0.15, 0.2) is 30.3 Å². The standard InChI is InChI=1S/C24H28BN2O5/c1-23(2,29)24(3,4)32-25-20-11-10-19(13-17(20)15-28)30-21-12-9-16(14-26)22(27-21)31-18-7-5-6-8-18/h9-13,15,18,29H,5-8H2,1-4H3. The predicted octanol–water partition coefficient (Wildman–Crippen LogP) is 3.69. The third-order valence-corrected chi connectivity index (χ3v) is 5.90. The number of aliphatic hydroxyl groups is 1. The second kappa shape index (κ2) is 9.72. The molecule has 1 aromatic heterocycles. The van der Waals surface area contributed by atoms with Gasteiger partial charge in [0.05, 0.1) is 11.2 Å². The van der Waals surface area contributed by atoms with Crippen molar-refractivity contribution in [2.75, 3.05) is 0 Å². The molecular formula is C24H28BN2O5. The molecule has 1 saturated carbocycles. The van der Waals surface area contributed by atoms with Crippen molar-refractivity contribution in [1.82, 2.24) is 4.98 Å². The van der Waals surface area contributed by atoms with E-state index in [9.17, 15) is 15.2 Å². The molecular weight excluding hydrogens is 407 g/mol. The molecule has 1 aliphatic rings. The molecule has 0 atom stereocenters. The summed E-state index contributed by atoms with van der Waals surface area (Å²) < 4.78 is 17.5. The Labute approximate surface area is 189 Å². The van der Waals surface area contributed by atoms with Gasteiger partial charge in [-0.3, -0.25) is 4.79 Å². The molecule has 0 unspecified atom stereocenters. The van der Waals surface area contributed by atoms with Gasteiger partial charge < -0.3 is 19.2 Å². The predicted molar refractivity (Wildman–Crippen MR) is 121 cm³/mol. The third kappa shape index (κ3) is 5.67. The summed E-state index contributed by atoms with van der Waals surface area (Å²) in [5, 5.41) is 19.6. The molecule has 1 radical (unpaired) electrons. The van der Waals surface area contributed by atoms with Crippen LogP contribution in [0.25, 0.3) is 0 Å². The van der Waals surface area contributed by atoms with Crippen molar-refractivity contribution in [3.05, 3.63) is 41.5 Å². The van der Waals surface area contributed by atoms with E-state index in [2.05, 4.69) is 11.1 Å². The number of aromatic nitrogens is 1. The summed E-state index contributed by atoms with van der Waals surface area (Å²) in [5.74, 6) is 0.944. The summed E-state index contributed by atoms with van der Waals surface area (Å²) in [4.78, 5) is 16.0. The number of carbonyl (C=O) groups excluding carboxylic acids is 1. The molecule has 8 heteroatoms. The molecule has 0 aliphatic heterocycles. The first-order chi connectivity index (χ1) is 15.1. The van der Waals surface area contributed by atoms with Gasteiger partial charge in [-0.05, 0) is 77.0 Å². The zero-order chi connectivity index (χ0) is 23.4. The van der Waals surface area contributed by atoms with Crippen LogP contribution in [-0.4, -0.2) is 41.2 Å². The summed E-state index contributed by atoms with van der Waals surface area (Å²) >= 11 is 0. The normalized spacial score (nSPS) is 14.6. The summed E-state index contributed by atoms with van der Waals surface area (Å²) in [6.45, 7) is 6.86. The first-order valence-electron chi connectivity index (χ1n) is 10.7. The van der Waals surface area contributed by atoms with Crippen molar-refractivity contribution in [1.29, 1.82) is 5.26 Å². The van der Waals surface area contributed by atoms with Crippen LogP contribution in [0.2, 0.25) is 0 Å². The maximum Gasteiger partial charge on any atom is 0.331 e. The quantitative estimate of drug-likeness (QED) is 0.474. The molecule has 0 amide bonds. The van der Waals surface area contributed by atoms with E-state index in [-0.39, 0.29) is 17.9 Å². The van der Waals surface area contributed by atoms with Crippen LogP contribution in [0.4, 0.5) is 0 Å². The lowest BCUT2D eigenvalue weighted by Crippen LogP contribution is -2.49. The number of nitrogens with zero attached hydrogens (tertiary/aromatic N) is 2. The van der Waals surface area contributed by atoms with Crippen molar-refractivity contribution in [3.63, 3.8) is 0 Å². The lowest BCUT2D eigenvalue weighted by molar-refractivity contribution is -0.0893. The fourth-order valence-corrected chi connectivity index (χ4v) is 3.12. The van der Waals surface area contributed by atoms with E-state index < -0.39 is 11.2 Å². The number of pyridine rings is 1. The van der Waals surface area contributed by atoms with Gasteiger partial charge in [0.25, 0.3) is 0 Å². The van der Waals surface area contributed by atoms with Crippen LogP contribution in [-0.2, 0) is 4.65 Å². The molecule has 1 fully saturated rings. The smallest absolute Gasteiger partial charge is 0.331 e. The van der Waals surface area contributed by atoms with E-state index in [0.29, 0.717) is 28.6 Å². The first-order valence-corrected chi connectivity index (χ1v) is 10.7. The highest BCUT2D eigenvalue weighted by atomic mass is 16.5. The minimum atomic E-state index is -1.08. The summed E-state index contributed by atoms with van der Waals surface area (Å²) in [6.07, 6.45) is 4.89. The van der Waals surface area contributed by atoms with E-state index >= 15 is 0 Å². The van der Waals surface area contributed by atoms with Crippen LogP contribution >= 0.6 is 0 Å². The SMILES string of the molecule is CC(C)(O)C(C)(C)O[B]c1ccc(Oc2ccc(C#N)c(OC3CCCC3)n2)cc1C=O. The molecule has 1 heterocycles. The Balaban J connectivity index is 1.75. The molecule has 1 aromatic carbocycles. The number of aldehydes is 1. The lowest BCUT2D eigenvalue weighted by atomic mass is 9.80. The van der Waals surface area contributed by atoms with Gasteiger partial charge in [0.2, 0.25) is 11.8 Å². The maximum atomic E-state index is 11.6. The zero-order valence-electron chi connectivity index (χ0n) is 18.9. The molecule has 32 heavy (non-hydrogen) atoms. The molecule has 7 nitrogen and oxygen atoms in total. The van der Waals surface area contributed by atoms with E-state index in [1.807, 2.05) is 0 Å². The number of nitriles is 1. The fourth-order valence-electron chi connectivity index (χ4n) is 3.12. The third-order valence-electron chi connectivity index (χ3n) is 5.90. The van der Waals surface area contributed by atoms with Crippen LogP contribution < -0.4 is 14.9 Å². The van der Waals surface area contributed by atoms with Gasteiger partial charge in [0, 0.05) is 11.6 Å². The number of hydrogen-bond donors (Lipinski definition) is 1. The van der Waals surface area contributed by atoms with Gasteiger partial charge in [-0.25, -0.2) is 0 Å². The van der Waals surface area contributed by atoms with Crippen LogP contribution in [0, 0.1) is 11.3 Å². The van der Waals surface area contributed by atoms with Gasteiger partial charge in [-0.2, -0.15) is 10.2 Å². The molecule has 0 bridgehead atoms. The summed E-state index contributed by atoms with van der Waals surface area (Å²) in [7, 11) is 1.46. The zero-order valence-corrected chi connectivity index (χ0v) is 18.9. The Hall–Kier alpha value is -2.89. The summed E-state index contributed by atoms with van der Waals surface area (Å²) in [5.41, 5.74) is -0.653. The van der Waals surface area contributed by atoms with E-state index in [0.717, 1.165) is 25.7 Å². The average molecular weight is 435 g/mol. The minimum Gasteiger partial charge on any atom is -0.473 e. The summed E-state index contributed by atoms with van der Waals surface area (Å²) in [6, 6.07) is 10.3. The first kappa shape index (κ1) is 23.8. The van der Waals surface area contributed by atoms with Crippen LogP contribution in [0.1, 0.15) is 69.3 Å². The topological polar surface area (TPSA) is 102 Å². The fraction of sp³-hybridized carbons (Fsp3) is 0.458. The maximum absolute atomic E-state index is 11.6. The second-order valence-electron chi connectivity index (χ2n) is 8.95. The number of ether oxygens (including phenoxy) is 2. The number of hydrogen-bond acceptors (Lipinski definition) is 7. The van der Waals surface area contributed by atoms with Crippen molar-refractivity contribution >= 4 is 19.2 Å². The average Bonchev–Trinajstić information content (AvgIpc) is 3.25. The van der Waals surface area contributed by atoms with Gasteiger partial charge in [-0.15, -0.1) is 0 Å². The number of carbonyl (C=O) groups is 1. The Morgan fingerprint density at radius 3 is 2.53 bits per heavy atom. The Morgan fingerprint density at radius 1 is 1.19 bits per heavy atom. The van der Waals surface area contributed by atoms with Crippen LogP contribution in [0.5, 0.6) is 17.5 Å². The lowest BCUT2D eigenvalue weighted by Gasteiger charge is -2.37. The Morgan fingerprint density at radius 2 is 1.91 bits per heavy atom. The largest absolute Gasteiger partial charge is 0.473 e. The van der Waals surface area contributed by atoms with Crippen molar-refractivity contribution in [2.24, 2.45) is 0 Å².